The highest BCUT2D eigenvalue weighted by Crippen LogP contribution is 2.13. The lowest BCUT2D eigenvalue weighted by atomic mass is 10.2. The fourth-order valence-corrected chi connectivity index (χ4v) is 2.69. The molecule has 1 heterocycles. The number of benzene rings is 1. The smallest absolute Gasteiger partial charge is 0.119 e. The second-order valence-electron chi connectivity index (χ2n) is 5.63. The minimum absolute atomic E-state index is 0.854. The molecule has 0 amide bonds. The zero-order chi connectivity index (χ0) is 13.3. The monoisotopic (exact) mass is 261 g/mol. The van der Waals surface area contributed by atoms with Crippen LogP contribution in [0.2, 0.25) is 0 Å². The first-order chi connectivity index (χ1) is 9.34. The minimum Gasteiger partial charge on any atom is -0.494 e. The van der Waals surface area contributed by atoms with Crippen molar-refractivity contribution in [3.05, 3.63) is 29.8 Å². The summed E-state index contributed by atoms with van der Waals surface area (Å²) in [6.45, 7) is 6.92. The average molecular weight is 261 g/mol. The van der Waals surface area contributed by atoms with Crippen LogP contribution in [0.1, 0.15) is 44.1 Å². The quantitative estimate of drug-likeness (QED) is 0.655. The molecule has 1 fully saturated rings. The fraction of sp³-hybridized carbons (Fsp3) is 0.647. The zero-order valence-corrected chi connectivity index (χ0v) is 12.2. The van der Waals surface area contributed by atoms with Gasteiger partial charge in [0.1, 0.15) is 5.75 Å². The number of hydrogen-bond donors (Lipinski definition) is 0. The molecule has 1 saturated heterocycles. The number of aryl methyl sites for hydroxylation is 1. The van der Waals surface area contributed by atoms with E-state index in [2.05, 4.69) is 30.0 Å². The van der Waals surface area contributed by atoms with Crippen molar-refractivity contribution < 1.29 is 4.74 Å². The molecule has 0 spiro atoms. The normalized spacial score (nSPS) is 15.8. The van der Waals surface area contributed by atoms with Gasteiger partial charge >= 0.3 is 0 Å². The van der Waals surface area contributed by atoms with Crippen molar-refractivity contribution in [2.75, 3.05) is 26.2 Å². The van der Waals surface area contributed by atoms with Gasteiger partial charge in [-0.25, -0.2) is 0 Å². The van der Waals surface area contributed by atoms with Crippen molar-refractivity contribution in [1.82, 2.24) is 4.90 Å². The standard InChI is InChI=1S/C17H27NO/c1-16-9-8-10-17(15-16)19-14-7-3-2-4-11-18-12-5-6-13-18/h8-10,15H,2-7,11-14H2,1H3. The van der Waals surface area contributed by atoms with E-state index in [0.29, 0.717) is 0 Å². The first kappa shape index (κ1) is 14.4. The van der Waals surface area contributed by atoms with Gasteiger partial charge in [0.15, 0.2) is 0 Å². The van der Waals surface area contributed by atoms with Crippen molar-refractivity contribution in [2.24, 2.45) is 0 Å². The number of likely N-dealkylation sites (tertiary alicyclic amines) is 1. The van der Waals surface area contributed by atoms with Gasteiger partial charge in [-0.1, -0.05) is 25.0 Å². The Labute approximate surface area is 117 Å². The zero-order valence-electron chi connectivity index (χ0n) is 12.2. The lowest BCUT2D eigenvalue weighted by molar-refractivity contribution is 0.296. The van der Waals surface area contributed by atoms with Crippen LogP contribution >= 0.6 is 0 Å². The topological polar surface area (TPSA) is 12.5 Å². The van der Waals surface area contributed by atoms with Gasteiger partial charge in [-0.2, -0.15) is 0 Å². The summed E-state index contributed by atoms with van der Waals surface area (Å²) in [5.41, 5.74) is 1.27. The predicted octanol–water partition coefficient (Wildman–Crippen LogP) is 4.03. The summed E-state index contributed by atoms with van der Waals surface area (Å²) in [5, 5.41) is 0. The Morgan fingerprint density at radius 3 is 2.63 bits per heavy atom. The average Bonchev–Trinajstić information content (AvgIpc) is 2.91. The molecule has 2 heteroatoms. The highest BCUT2D eigenvalue weighted by molar-refractivity contribution is 5.27. The molecule has 1 aliphatic heterocycles. The summed E-state index contributed by atoms with van der Waals surface area (Å²) < 4.78 is 5.76. The van der Waals surface area contributed by atoms with E-state index >= 15 is 0 Å². The van der Waals surface area contributed by atoms with E-state index in [1.165, 1.54) is 63.7 Å². The molecular formula is C17H27NO. The Bertz CT molecular complexity index is 358. The lowest BCUT2D eigenvalue weighted by Gasteiger charge is -2.13. The number of unbranched alkanes of at least 4 members (excludes halogenated alkanes) is 3. The highest BCUT2D eigenvalue weighted by Gasteiger charge is 2.09. The van der Waals surface area contributed by atoms with Crippen LogP contribution in [-0.2, 0) is 0 Å². The number of hydrogen-bond acceptors (Lipinski definition) is 2. The van der Waals surface area contributed by atoms with Crippen LogP contribution in [0.5, 0.6) is 5.75 Å². The first-order valence-electron chi connectivity index (χ1n) is 7.76. The van der Waals surface area contributed by atoms with Crippen LogP contribution < -0.4 is 4.74 Å². The third-order valence-corrected chi connectivity index (χ3v) is 3.83. The SMILES string of the molecule is Cc1cccc(OCCCCCCN2CCCC2)c1. The number of nitrogens with zero attached hydrogens (tertiary/aromatic N) is 1. The molecule has 19 heavy (non-hydrogen) atoms. The lowest BCUT2D eigenvalue weighted by Crippen LogP contribution is -2.20. The molecule has 0 radical (unpaired) electrons. The van der Waals surface area contributed by atoms with Gasteiger partial charge in [0.25, 0.3) is 0 Å². The van der Waals surface area contributed by atoms with Crippen LogP contribution in [0.25, 0.3) is 0 Å². The second-order valence-corrected chi connectivity index (χ2v) is 5.63. The van der Waals surface area contributed by atoms with E-state index in [4.69, 9.17) is 4.74 Å². The molecule has 2 nitrogen and oxygen atoms in total. The maximum absolute atomic E-state index is 5.76. The minimum atomic E-state index is 0.854. The van der Waals surface area contributed by atoms with Crippen LogP contribution in [0.15, 0.2) is 24.3 Å². The Kier molecular flexibility index (Phi) is 6.22. The molecule has 0 saturated carbocycles. The van der Waals surface area contributed by atoms with Crippen molar-refractivity contribution in [1.29, 1.82) is 0 Å². The van der Waals surface area contributed by atoms with Gasteiger partial charge < -0.3 is 9.64 Å². The third kappa shape index (κ3) is 5.65. The molecular weight excluding hydrogens is 234 g/mol. The van der Waals surface area contributed by atoms with Gasteiger partial charge in [0, 0.05) is 0 Å². The van der Waals surface area contributed by atoms with E-state index in [0.717, 1.165) is 12.4 Å². The molecule has 0 bridgehead atoms. The van der Waals surface area contributed by atoms with Gasteiger partial charge in [0.05, 0.1) is 6.61 Å². The van der Waals surface area contributed by atoms with Crippen LogP contribution in [0.3, 0.4) is 0 Å². The summed E-state index contributed by atoms with van der Waals surface area (Å²) in [4.78, 5) is 2.60. The molecule has 0 atom stereocenters. The van der Waals surface area contributed by atoms with E-state index < -0.39 is 0 Å². The van der Waals surface area contributed by atoms with E-state index in [9.17, 15) is 0 Å². The molecule has 1 aromatic rings. The third-order valence-electron chi connectivity index (χ3n) is 3.83. The van der Waals surface area contributed by atoms with Crippen LogP contribution in [0.4, 0.5) is 0 Å². The van der Waals surface area contributed by atoms with E-state index in [1.54, 1.807) is 0 Å². The fourth-order valence-electron chi connectivity index (χ4n) is 2.69. The number of ether oxygens (including phenoxy) is 1. The van der Waals surface area contributed by atoms with Gasteiger partial charge in [-0.3, -0.25) is 0 Å². The van der Waals surface area contributed by atoms with E-state index in [-0.39, 0.29) is 0 Å². The summed E-state index contributed by atoms with van der Waals surface area (Å²) in [7, 11) is 0. The molecule has 0 N–H and O–H groups in total. The maximum atomic E-state index is 5.76. The summed E-state index contributed by atoms with van der Waals surface area (Å²) in [5.74, 6) is 1.01. The Balaban J connectivity index is 1.46. The molecule has 0 unspecified atom stereocenters. The summed E-state index contributed by atoms with van der Waals surface area (Å²) in [6.07, 6.45) is 7.97. The molecule has 1 aliphatic rings. The van der Waals surface area contributed by atoms with Gasteiger partial charge in [-0.05, 0) is 69.9 Å². The molecule has 2 rings (SSSR count). The van der Waals surface area contributed by atoms with Crippen molar-refractivity contribution in [3.63, 3.8) is 0 Å². The van der Waals surface area contributed by atoms with E-state index in [1.807, 2.05) is 6.07 Å². The van der Waals surface area contributed by atoms with Crippen molar-refractivity contribution in [2.45, 2.75) is 45.4 Å². The summed E-state index contributed by atoms with van der Waals surface area (Å²) in [6, 6.07) is 8.31. The Morgan fingerprint density at radius 2 is 1.84 bits per heavy atom. The van der Waals surface area contributed by atoms with Gasteiger partial charge in [0.2, 0.25) is 0 Å². The van der Waals surface area contributed by atoms with Gasteiger partial charge in [-0.15, -0.1) is 0 Å². The molecule has 0 aromatic heterocycles. The predicted molar refractivity (Wildman–Crippen MR) is 80.8 cm³/mol. The van der Waals surface area contributed by atoms with Crippen LogP contribution in [-0.4, -0.2) is 31.1 Å². The summed E-state index contributed by atoms with van der Waals surface area (Å²) >= 11 is 0. The van der Waals surface area contributed by atoms with Crippen molar-refractivity contribution >= 4 is 0 Å². The number of rotatable bonds is 8. The van der Waals surface area contributed by atoms with Crippen molar-refractivity contribution in [3.8, 4) is 5.75 Å². The Morgan fingerprint density at radius 1 is 1.05 bits per heavy atom. The molecule has 106 valence electrons. The highest BCUT2D eigenvalue weighted by atomic mass is 16.5. The molecule has 0 aliphatic carbocycles. The largest absolute Gasteiger partial charge is 0.494 e. The molecule has 1 aromatic carbocycles. The van der Waals surface area contributed by atoms with Crippen LogP contribution in [0, 0.1) is 6.92 Å². The maximum Gasteiger partial charge on any atom is 0.119 e. The second kappa shape index (κ2) is 8.21. The first-order valence-corrected chi connectivity index (χ1v) is 7.76. The Hall–Kier alpha value is -1.02.